The van der Waals surface area contributed by atoms with Crippen LogP contribution in [0.1, 0.15) is 47.5 Å². The smallest absolute Gasteiger partial charge is 0.341 e. The van der Waals surface area contributed by atoms with E-state index in [4.69, 9.17) is 9.47 Å². The van der Waals surface area contributed by atoms with Crippen molar-refractivity contribution in [3.05, 3.63) is 46.3 Å². The van der Waals surface area contributed by atoms with Crippen LogP contribution < -0.4 is 10.1 Å². The van der Waals surface area contributed by atoms with Gasteiger partial charge in [-0.1, -0.05) is 25.1 Å². The van der Waals surface area contributed by atoms with Crippen LogP contribution in [-0.2, 0) is 22.4 Å². The van der Waals surface area contributed by atoms with Gasteiger partial charge in [0.2, 0.25) is 0 Å². The van der Waals surface area contributed by atoms with Crippen molar-refractivity contribution in [1.29, 1.82) is 0 Å². The highest BCUT2D eigenvalue weighted by Gasteiger charge is 2.29. The molecule has 26 heavy (non-hydrogen) atoms. The Kier molecular flexibility index (Phi) is 5.93. The lowest BCUT2D eigenvalue weighted by atomic mass is 10.1. The van der Waals surface area contributed by atoms with Gasteiger partial charge < -0.3 is 14.8 Å². The molecular weight excluding hydrogens is 350 g/mol. The molecule has 1 aromatic carbocycles. The molecule has 138 valence electrons. The van der Waals surface area contributed by atoms with Gasteiger partial charge in [0.05, 0.1) is 12.2 Å². The Balaban J connectivity index is 1.79. The summed E-state index contributed by atoms with van der Waals surface area (Å²) in [5.41, 5.74) is 1.55. The third kappa shape index (κ3) is 3.90. The molecule has 1 aliphatic carbocycles. The minimum atomic E-state index is -0.621. The molecule has 1 heterocycles. The van der Waals surface area contributed by atoms with Crippen LogP contribution in [0.25, 0.3) is 0 Å². The number of rotatable bonds is 7. The fourth-order valence-corrected chi connectivity index (χ4v) is 4.37. The van der Waals surface area contributed by atoms with Gasteiger partial charge in [-0.05, 0) is 50.3 Å². The molecule has 6 heteroatoms. The lowest BCUT2D eigenvalue weighted by Gasteiger charge is -2.17. The van der Waals surface area contributed by atoms with Crippen LogP contribution in [0.5, 0.6) is 5.75 Å². The normalized spacial score (nSPS) is 13.8. The molecule has 0 saturated carbocycles. The van der Waals surface area contributed by atoms with E-state index in [1.165, 1.54) is 16.2 Å². The van der Waals surface area contributed by atoms with E-state index in [9.17, 15) is 9.59 Å². The molecule has 0 spiro atoms. The average Bonchev–Trinajstić information content (AvgIpc) is 3.21. The summed E-state index contributed by atoms with van der Waals surface area (Å²) in [6.07, 6.45) is 2.74. The van der Waals surface area contributed by atoms with Crippen molar-refractivity contribution in [2.24, 2.45) is 0 Å². The Morgan fingerprint density at radius 2 is 1.96 bits per heavy atom. The van der Waals surface area contributed by atoms with Gasteiger partial charge in [-0.3, -0.25) is 4.79 Å². The molecule has 1 amide bonds. The number of nitrogens with one attached hydrogen (secondary N) is 1. The molecule has 1 unspecified atom stereocenters. The van der Waals surface area contributed by atoms with Gasteiger partial charge in [-0.2, -0.15) is 0 Å². The predicted octanol–water partition coefficient (Wildman–Crippen LogP) is 4.21. The molecule has 1 N–H and O–H groups in total. The molecule has 2 aromatic rings. The number of ether oxygens (including phenoxy) is 2. The molecule has 0 radical (unpaired) electrons. The summed E-state index contributed by atoms with van der Waals surface area (Å²) < 4.78 is 11.0. The number of amides is 1. The number of fused-ring (bicyclic) bond motifs is 1. The zero-order chi connectivity index (χ0) is 18.5. The number of hydrogen-bond donors (Lipinski definition) is 1. The third-order valence-corrected chi connectivity index (χ3v) is 5.53. The highest BCUT2D eigenvalue weighted by molar-refractivity contribution is 7.17. The second kappa shape index (κ2) is 8.36. The molecule has 1 aromatic heterocycles. The molecule has 0 fully saturated rings. The summed E-state index contributed by atoms with van der Waals surface area (Å²) in [6, 6.07) is 9.26. The van der Waals surface area contributed by atoms with Crippen molar-refractivity contribution in [1.82, 2.24) is 0 Å². The van der Waals surface area contributed by atoms with E-state index in [0.29, 0.717) is 29.3 Å². The number of carbonyl (C=O) groups excluding carboxylic acids is 2. The lowest BCUT2D eigenvalue weighted by Crippen LogP contribution is -2.32. The van der Waals surface area contributed by atoms with Gasteiger partial charge in [0.1, 0.15) is 10.8 Å². The third-order valence-electron chi connectivity index (χ3n) is 4.32. The first kappa shape index (κ1) is 18.5. The minimum absolute atomic E-state index is 0.248. The lowest BCUT2D eigenvalue weighted by molar-refractivity contribution is -0.122. The predicted molar refractivity (Wildman–Crippen MR) is 102 cm³/mol. The Morgan fingerprint density at radius 1 is 1.19 bits per heavy atom. The van der Waals surface area contributed by atoms with E-state index in [2.05, 4.69) is 5.32 Å². The Bertz CT molecular complexity index is 785. The topological polar surface area (TPSA) is 64.6 Å². The number of benzene rings is 1. The van der Waals surface area contributed by atoms with E-state index in [1.54, 1.807) is 6.92 Å². The van der Waals surface area contributed by atoms with Gasteiger partial charge in [0.25, 0.3) is 5.91 Å². The maximum absolute atomic E-state index is 12.7. The van der Waals surface area contributed by atoms with Crippen molar-refractivity contribution in [2.45, 2.75) is 45.6 Å². The zero-order valence-electron chi connectivity index (χ0n) is 15.0. The number of aryl methyl sites for hydroxylation is 1. The molecule has 0 bridgehead atoms. The Hall–Kier alpha value is -2.34. The summed E-state index contributed by atoms with van der Waals surface area (Å²) in [5, 5.41) is 3.48. The molecule has 1 atom stereocenters. The molecule has 0 saturated heterocycles. The molecule has 1 aliphatic rings. The largest absolute Gasteiger partial charge is 0.481 e. The van der Waals surface area contributed by atoms with Crippen LogP contribution in [0.3, 0.4) is 0 Å². The SMILES string of the molecule is CCOC(=O)c1c(NC(=O)C(CC)Oc2ccccc2)sc2c1CCC2. The number of anilines is 1. The second-order valence-corrected chi connectivity index (χ2v) is 7.20. The van der Waals surface area contributed by atoms with Gasteiger partial charge in [0, 0.05) is 4.88 Å². The van der Waals surface area contributed by atoms with Crippen LogP contribution >= 0.6 is 11.3 Å². The highest BCUT2D eigenvalue weighted by Crippen LogP contribution is 2.39. The van der Waals surface area contributed by atoms with Crippen molar-refractivity contribution < 1.29 is 19.1 Å². The van der Waals surface area contributed by atoms with E-state index in [0.717, 1.165) is 24.8 Å². The van der Waals surface area contributed by atoms with E-state index in [1.807, 2.05) is 37.3 Å². The quantitative estimate of drug-likeness (QED) is 0.739. The summed E-state index contributed by atoms with van der Waals surface area (Å²) in [6.45, 7) is 3.99. The molecule has 3 rings (SSSR count). The fourth-order valence-electron chi connectivity index (χ4n) is 3.09. The van der Waals surface area contributed by atoms with E-state index >= 15 is 0 Å². The zero-order valence-corrected chi connectivity index (χ0v) is 15.9. The first-order chi connectivity index (χ1) is 12.6. The molecule has 5 nitrogen and oxygen atoms in total. The summed E-state index contributed by atoms with van der Waals surface area (Å²) >= 11 is 1.48. The van der Waals surface area contributed by atoms with Crippen molar-refractivity contribution in [3.63, 3.8) is 0 Å². The van der Waals surface area contributed by atoms with Crippen molar-refractivity contribution >= 4 is 28.2 Å². The van der Waals surface area contributed by atoms with Crippen molar-refractivity contribution in [3.8, 4) is 5.75 Å². The van der Waals surface area contributed by atoms with Gasteiger partial charge in [-0.25, -0.2) is 4.79 Å². The van der Waals surface area contributed by atoms with E-state index in [-0.39, 0.29) is 11.9 Å². The number of thiophene rings is 1. The minimum Gasteiger partial charge on any atom is -0.481 e. The van der Waals surface area contributed by atoms with Crippen LogP contribution in [-0.4, -0.2) is 24.6 Å². The van der Waals surface area contributed by atoms with Crippen LogP contribution in [0, 0.1) is 0 Å². The van der Waals surface area contributed by atoms with Crippen LogP contribution in [0.2, 0.25) is 0 Å². The van der Waals surface area contributed by atoms with Gasteiger partial charge >= 0.3 is 5.97 Å². The average molecular weight is 373 g/mol. The molecular formula is C20H23NO4S. The number of hydrogen-bond acceptors (Lipinski definition) is 5. The summed E-state index contributed by atoms with van der Waals surface area (Å²) in [4.78, 5) is 26.3. The van der Waals surface area contributed by atoms with Gasteiger partial charge in [0.15, 0.2) is 6.10 Å². The summed E-state index contributed by atoms with van der Waals surface area (Å²) in [5.74, 6) is 0.0369. The van der Waals surface area contributed by atoms with Crippen LogP contribution in [0.4, 0.5) is 5.00 Å². The molecule has 0 aliphatic heterocycles. The monoisotopic (exact) mass is 373 g/mol. The van der Waals surface area contributed by atoms with E-state index < -0.39 is 6.10 Å². The highest BCUT2D eigenvalue weighted by atomic mass is 32.1. The number of para-hydroxylation sites is 1. The maximum atomic E-state index is 12.7. The van der Waals surface area contributed by atoms with Gasteiger partial charge in [-0.15, -0.1) is 11.3 Å². The van der Waals surface area contributed by atoms with Crippen LogP contribution in [0.15, 0.2) is 30.3 Å². The first-order valence-corrected chi connectivity index (χ1v) is 9.79. The Labute approximate surface area is 157 Å². The standard InChI is InChI=1S/C20H23NO4S/c1-3-15(25-13-9-6-5-7-10-13)18(22)21-19-17(20(23)24-4-2)14-11-8-12-16(14)26-19/h5-7,9-10,15H,3-4,8,11-12H2,1-2H3,(H,21,22). The second-order valence-electron chi connectivity index (χ2n) is 6.10. The maximum Gasteiger partial charge on any atom is 0.341 e. The Morgan fingerprint density at radius 3 is 2.65 bits per heavy atom. The first-order valence-electron chi connectivity index (χ1n) is 8.98. The number of esters is 1. The fraction of sp³-hybridized carbons (Fsp3) is 0.400. The van der Waals surface area contributed by atoms with Crippen molar-refractivity contribution in [2.75, 3.05) is 11.9 Å². The summed E-state index contributed by atoms with van der Waals surface area (Å²) in [7, 11) is 0. The number of carbonyl (C=O) groups is 2.